The molecule has 2 aliphatic carbocycles. The highest BCUT2D eigenvalue weighted by Gasteiger charge is 2.61. The van der Waals surface area contributed by atoms with Gasteiger partial charge < -0.3 is 5.32 Å². The summed E-state index contributed by atoms with van der Waals surface area (Å²) >= 11 is 0. The molecule has 2 aromatic carbocycles. The zero-order chi connectivity index (χ0) is 22.7. The van der Waals surface area contributed by atoms with Gasteiger partial charge in [0.1, 0.15) is 5.69 Å². The third kappa shape index (κ3) is 3.07. The van der Waals surface area contributed by atoms with E-state index in [-0.39, 0.29) is 22.8 Å². The van der Waals surface area contributed by atoms with Crippen molar-refractivity contribution >= 4 is 5.91 Å². The molecule has 4 nitrogen and oxygen atoms in total. The van der Waals surface area contributed by atoms with E-state index in [1.807, 2.05) is 24.3 Å². The molecule has 0 aliphatic heterocycles. The fourth-order valence-electron chi connectivity index (χ4n) is 5.81. The Morgan fingerprint density at radius 3 is 2.41 bits per heavy atom. The van der Waals surface area contributed by atoms with Crippen LogP contribution in [0, 0.1) is 28.4 Å². The van der Waals surface area contributed by atoms with Crippen molar-refractivity contribution in [2.45, 2.75) is 46.1 Å². The maximum absolute atomic E-state index is 13.6. The normalized spacial score (nSPS) is 25.8. The zero-order valence-corrected chi connectivity index (χ0v) is 18.5. The molecule has 2 bridgehead atoms. The van der Waals surface area contributed by atoms with Crippen LogP contribution in [-0.4, -0.2) is 21.5 Å². The van der Waals surface area contributed by atoms with Crippen LogP contribution >= 0.6 is 0 Å². The van der Waals surface area contributed by atoms with Crippen LogP contribution in [0.4, 0.5) is 8.78 Å². The van der Waals surface area contributed by atoms with Crippen molar-refractivity contribution in [1.82, 2.24) is 14.9 Å². The number of nitrogens with zero attached hydrogens (tertiary/aromatic N) is 2. The van der Waals surface area contributed by atoms with Crippen LogP contribution in [0.2, 0.25) is 0 Å². The summed E-state index contributed by atoms with van der Waals surface area (Å²) in [7, 11) is 0. The van der Waals surface area contributed by atoms with Crippen molar-refractivity contribution in [1.29, 1.82) is 0 Å². The summed E-state index contributed by atoms with van der Waals surface area (Å²) in [5.74, 6) is -1.22. The SMILES string of the molecule is CC1(C)C2CCC1(C)C(NC(=O)c1cncn1-c1ccc(-c3ccc(F)c(F)c3)cc1)C2. The van der Waals surface area contributed by atoms with Gasteiger partial charge in [-0.1, -0.05) is 39.0 Å². The second-order valence-electron chi connectivity index (χ2n) is 9.96. The lowest BCUT2D eigenvalue weighted by atomic mass is 9.69. The number of nitrogens with one attached hydrogen (secondary N) is 1. The first-order valence-electron chi connectivity index (χ1n) is 11.1. The Bertz CT molecular complexity index is 1180. The Kier molecular flexibility index (Phi) is 4.73. The summed E-state index contributed by atoms with van der Waals surface area (Å²) in [6.45, 7) is 6.96. The second-order valence-corrected chi connectivity index (χ2v) is 9.96. The topological polar surface area (TPSA) is 46.9 Å². The first kappa shape index (κ1) is 20.9. The molecule has 0 saturated heterocycles. The Hall–Kier alpha value is -3.02. The first-order valence-corrected chi connectivity index (χ1v) is 11.1. The van der Waals surface area contributed by atoms with Crippen molar-refractivity contribution in [2.75, 3.05) is 0 Å². The lowest BCUT2D eigenvalue weighted by Crippen LogP contribution is -2.47. The predicted molar refractivity (Wildman–Crippen MR) is 119 cm³/mol. The molecule has 0 spiro atoms. The molecule has 3 unspecified atom stereocenters. The number of hydrogen-bond acceptors (Lipinski definition) is 2. The van der Waals surface area contributed by atoms with Gasteiger partial charge in [0.05, 0.1) is 12.5 Å². The van der Waals surface area contributed by atoms with Gasteiger partial charge in [-0.3, -0.25) is 9.36 Å². The van der Waals surface area contributed by atoms with Gasteiger partial charge in [-0.05, 0) is 71.4 Å². The standard InChI is InChI=1S/C26H27F2N3O/c1-25(2)18-10-11-26(25,3)23(13-18)30-24(32)22-14-29-15-31(22)19-7-4-16(5-8-19)17-6-9-20(27)21(28)12-17/h4-9,12,14-15,18,23H,10-11,13H2,1-3H3,(H,30,32). The predicted octanol–water partition coefficient (Wildman–Crippen LogP) is 5.76. The summed E-state index contributed by atoms with van der Waals surface area (Å²) in [6, 6.07) is 11.3. The van der Waals surface area contributed by atoms with E-state index in [9.17, 15) is 13.6 Å². The average Bonchev–Trinajstić information content (AvgIpc) is 3.39. The van der Waals surface area contributed by atoms with Crippen LogP contribution in [0.1, 0.15) is 50.5 Å². The van der Waals surface area contributed by atoms with Gasteiger partial charge in [0.25, 0.3) is 5.91 Å². The largest absolute Gasteiger partial charge is 0.347 e. The zero-order valence-electron chi connectivity index (χ0n) is 18.5. The molecule has 1 N–H and O–H groups in total. The van der Waals surface area contributed by atoms with Crippen molar-refractivity contribution in [3.8, 4) is 16.8 Å². The van der Waals surface area contributed by atoms with Crippen LogP contribution in [-0.2, 0) is 0 Å². The summed E-state index contributed by atoms with van der Waals surface area (Å²) in [4.78, 5) is 17.4. The molecular formula is C26H27F2N3O. The van der Waals surface area contributed by atoms with Gasteiger partial charge in [0.15, 0.2) is 11.6 Å². The molecule has 1 amide bonds. The van der Waals surface area contributed by atoms with Gasteiger partial charge in [0.2, 0.25) is 0 Å². The van der Waals surface area contributed by atoms with Crippen molar-refractivity contribution in [3.63, 3.8) is 0 Å². The fraction of sp³-hybridized carbons (Fsp3) is 0.385. The molecular weight excluding hydrogens is 408 g/mol. The molecule has 2 aliphatic rings. The number of fused-ring (bicyclic) bond motifs is 2. The monoisotopic (exact) mass is 435 g/mol. The van der Waals surface area contributed by atoms with Gasteiger partial charge >= 0.3 is 0 Å². The third-order valence-corrected chi connectivity index (χ3v) is 8.37. The maximum Gasteiger partial charge on any atom is 0.270 e. The Balaban J connectivity index is 1.37. The number of rotatable bonds is 4. The van der Waals surface area contributed by atoms with Crippen LogP contribution in [0.5, 0.6) is 0 Å². The average molecular weight is 436 g/mol. The third-order valence-electron chi connectivity index (χ3n) is 8.37. The molecule has 1 heterocycles. The van der Waals surface area contributed by atoms with Crippen molar-refractivity contribution < 1.29 is 13.6 Å². The van der Waals surface area contributed by atoms with Crippen molar-refractivity contribution in [3.05, 3.63) is 72.3 Å². The molecule has 6 heteroatoms. The molecule has 0 radical (unpaired) electrons. The van der Waals surface area contributed by atoms with Gasteiger partial charge in [-0.2, -0.15) is 0 Å². The van der Waals surface area contributed by atoms with E-state index >= 15 is 0 Å². The number of benzene rings is 2. The number of carbonyl (C=O) groups excluding carboxylic acids is 1. The van der Waals surface area contributed by atoms with Crippen LogP contribution in [0.15, 0.2) is 55.0 Å². The van der Waals surface area contributed by atoms with Crippen molar-refractivity contribution in [2.24, 2.45) is 16.7 Å². The molecule has 2 fully saturated rings. The summed E-state index contributed by atoms with van der Waals surface area (Å²) in [6.07, 6.45) is 6.60. The number of aromatic nitrogens is 2. The Morgan fingerprint density at radius 1 is 1.06 bits per heavy atom. The van der Waals surface area contributed by atoms with Crippen LogP contribution in [0.25, 0.3) is 16.8 Å². The minimum atomic E-state index is -0.877. The Morgan fingerprint density at radius 2 is 1.78 bits per heavy atom. The van der Waals surface area contributed by atoms with Crippen LogP contribution in [0.3, 0.4) is 0 Å². The smallest absolute Gasteiger partial charge is 0.270 e. The maximum atomic E-state index is 13.6. The number of amides is 1. The molecule has 1 aromatic heterocycles. The van der Waals surface area contributed by atoms with E-state index in [2.05, 4.69) is 31.1 Å². The van der Waals surface area contributed by atoms with E-state index in [0.29, 0.717) is 17.2 Å². The highest BCUT2D eigenvalue weighted by Crippen LogP contribution is 2.65. The lowest BCUT2D eigenvalue weighted by Gasteiger charge is -2.39. The minimum absolute atomic E-state index is 0.101. The van der Waals surface area contributed by atoms with E-state index in [1.54, 1.807) is 23.2 Å². The van der Waals surface area contributed by atoms with Gasteiger partial charge in [0, 0.05) is 11.7 Å². The quantitative estimate of drug-likeness (QED) is 0.566. The number of carbonyl (C=O) groups is 1. The summed E-state index contributed by atoms with van der Waals surface area (Å²) in [5.41, 5.74) is 2.93. The van der Waals surface area contributed by atoms with E-state index in [1.165, 1.54) is 12.5 Å². The first-order chi connectivity index (χ1) is 15.2. The van der Waals surface area contributed by atoms with Crippen LogP contribution < -0.4 is 5.32 Å². The number of hydrogen-bond donors (Lipinski definition) is 1. The van der Waals surface area contributed by atoms with E-state index in [4.69, 9.17) is 0 Å². The summed E-state index contributed by atoms with van der Waals surface area (Å²) in [5, 5.41) is 3.29. The lowest BCUT2D eigenvalue weighted by molar-refractivity contribution is 0.0820. The van der Waals surface area contributed by atoms with Gasteiger partial charge in [-0.15, -0.1) is 0 Å². The highest BCUT2D eigenvalue weighted by molar-refractivity contribution is 5.93. The highest BCUT2D eigenvalue weighted by atomic mass is 19.2. The van der Waals surface area contributed by atoms with Gasteiger partial charge in [-0.25, -0.2) is 13.8 Å². The molecule has 5 rings (SSSR count). The summed E-state index contributed by atoms with van der Waals surface area (Å²) < 4.78 is 28.6. The molecule has 166 valence electrons. The molecule has 2 saturated carbocycles. The molecule has 32 heavy (non-hydrogen) atoms. The number of imidazole rings is 1. The van der Waals surface area contributed by atoms with E-state index < -0.39 is 11.6 Å². The molecule has 3 aromatic rings. The number of halogens is 2. The van der Waals surface area contributed by atoms with E-state index in [0.717, 1.165) is 30.2 Å². The minimum Gasteiger partial charge on any atom is -0.347 e. The second kappa shape index (κ2) is 7.26. The molecule has 3 atom stereocenters. The fourth-order valence-corrected chi connectivity index (χ4v) is 5.81. The Labute approximate surface area is 186 Å².